The van der Waals surface area contributed by atoms with Crippen molar-refractivity contribution in [2.75, 3.05) is 5.32 Å². The Balaban J connectivity index is 1.60. The van der Waals surface area contributed by atoms with Crippen molar-refractivity contribution in [1.82, 2.24) is 14.8 Å². The molecule has 0 radical (unpaired) electrons. The Hall–Kier alpha value is -2.40. The minimum Gasteiger partial charge on any atom is -0.324 e. The molecule has 2 heterocycles. The first-order chi connectivity index (χ1) is 11.6. The standard InChI is InChI=1S/C18H17ClN4O/c1-11-17-15(12-5-6-12)7-8-20-18(17)23(22-11)10-16(24)21-14-4-2-3-13(19)9-14/h2-4,7-9,12H,5-6,10H2,1H3,(H,21,24). The van der Waals surface area contributed by atoms with E-state index in [1.54, 1.807) is 28.9 Å². The van der Waals surface area contributed by atoms with E-state index in [0.29, 0.717) is 16.6 Å². The molecule has 2 aromatic heterocycles. The molecule has 1 N–H and O–H groups in total. The van der Waals surface area contributed by atoms with Crippen molar-refractivity contribution in [3.05, 3.63) is 52.8 Å². The lowest BCUT2D eigenvalue weighted by Gasteiger charge is -2.06. The number of fused-ring (bicyclic) bond motifs is 1. The number of carbonyl (C=O) groups is 1. The maximum atomic E-state index is 12.3. The summed E-state index contributed by atoms with van der Waals surface area (Å²) in [6.07, 6.45) is 4.25. The van der Waals surface area contributed by atoms with Crippen LogP contribution < -0.4 is 5.32 Å². The van der Waals surface area contributed by atoms with Crippen LogP contribution in [0, 0.1) is 6.92 Å². The Bertz CT molecular complexity index is 930. The lowest BCUT2D eigenvalue weighted by Crippen LogP contribution is -2.19. The van der Waals surface area contributed by atoms with Gasteiger partial charge < -0.3 is 5.32 Å². The number of anilines is 1. The summed E-state index contributed by atoms with van der Waals surface area (Å²) in [7, 11) is 0. The highest BCUT2D eigenvalue weighted by atomic mass is 35.5. The van der Waals surface area contributed by atoms with Gasteiger partial charge in [-0.15, -0.1) is 0 Å². The number of benzene rings is 1. The van der Waals surface area contributed by atoms with Gasteiger partial charge in [0.1, 0.15) is 6.54 Å². The van der Waals surface area contributed by atoms with Crippen molar-refractivity contribution < 1.29 is 4.79 Å². The number of aryl methyl sites for hydroxylation is 1. The lowest BCUT2D eigenvalue weighted by molar-refractivity contribution is -0.116. The molecule has 0 aliphatic heterocycles. The molecule has 1 aromatic carbocycles. The first-order valence-electron chi connectivity index (χ1n) is 7.99. The van der Waals surface area contributed by atoms with E-state index in [9.17, 15) is 4.79 Å². The third-order valence-electron chi connectivity index (χ3n) is 4.26. The molecule has 3 aromatic rings. The molecule has 0 spiro atoms. The average Bonchev–Trinajstić information content (AvgIpc) is 3.33. The van der Waals surface area contributed by atoms with Gasteiger partial charge >= 0.3 is 0 Å². The summed E-state index contributed by atoms with van der Waals surface area (Å²) in [5, 5.41) is 9.05. The summed E-state index contributed by atoms with van der Waals surface area (Å²) in [5.74, 6) is 0.465. The van der Waals surface area contributed by atoms with Crippen LogP contribution in [0.5, 0.6) is 0 Å². The van der Waals surface area contributed by atoms with E-state index in [4.69, 9.17) is 11.6 Å². The molecule has 6 heteroatoms. The first kappa shape index (κ1) is 15.1. The molecule has 0 bridgehead atoms. The quantitative estimate of drug-likeness (QED) is 0.783. The van der Waals surface area contributed by atoms with E-state index in [2.05, 4.69) is 21.5 Å². The van der Waals surface area contributed by atoms with Gasteiger partial charge in [-0.3, -0.25) is 4.79 Å². The largest absolute Gasteiger partial charge is 0.324 e. The maximum Gasteiger partial charge on any atom is 0.246 e. The minimum absolute atomic E-state index is 0.123. The number of nitrogens with one attached hydrogen (secondary N) is 1. The van der Waals surface area contributed by atoms with Crippen molar-refractivity contribution >= 4 is 34.2 Å². The molecule has 1 aliphatic carbocycles. The average molecular weight is 341 g/mol. The molecule has 1 amide bonds. The van der Waals surface area contributed by atoms with Crippen molar-refractivity contribution in [1.29, 1.82) is 0 Å². The number of amides is 1. The van der Waals surface area contributed by atoms with Crippen LogP contribution >= 0.6 is 11.6 Å². The smallest absolute Gasteiger partial charge is 0.246 e. The summed E-state index contributed by atoms with van der Waals surface area (Å²) in [5.41, 5.74) is 3.68. The van der Waals surface area contributed by atoms with Crippen LogP contribution in [0.3, 0.4) is 0 Å². The second-order valence-corrected chi connectivity index (χ2v) is 6.61. The van der Waals surface area contributed by atoms with Crippen LogP contribution in [0.2, 0.25) is 5.02 Å². The maximum absolute atomic E-state index is 12.3. The summed E-state index contributed by atoms with van der Waals surface area (Å²) < 4.78 is 1.68. The fourth-order valence-electron chi connectivity index (χ4n) is 3.06. The number of rotatable bonds is 4. The molecule has 1 fully saturated rings. The van der Waals surface area contributed by atoms with Gasteiger partial charge in [-0.25, -0.2) is 9.67 Å². The van der Waals surface area contributed by atoms with Crippen molar-refractivity contribution in [3.8, 4) is 0 Å². The van der Waals surface area contributed by atoms with Crippen LogP contribution in [0.15, 0.2) is 36.5 Å². The molecule has 0 saturated heterocycles. The number of nitrogens with zero attached hydrogens (tertiary/aromatic N) is 3. The number of halogens is 1. The predicted molar refractivity (Wildman–Crippen MR) is 94.3 cm³/mol. The number of carbonyl (C=O) groups excluding carboxylic acids is 1. The Kier molecular flexibility index (Phi) is 3.73. The fraction of sp³-hybridized carbons (Fsp3) is 0.278. The summed E-state index contributed by atoms with van der Waals surface area (Å²) >= 11 is 5.94. The molecule has 24 heavy (non-hydrogen) atoms. The monoisotopic (exact) mass is 340 g/mol. The fourth-order valence-corrected chi connectivity index (χ4v) is 3.25. The van der Waals surface area contributed by atoms with Gasteiger partial charge in [0.2, 0.25) is 5.91 Å². The molecule has 0 atom stereocenters. The Morgan fingerprint density at radius 1 is 1.38 bits per heavy atom. The molecular formula is C18H17ClN4O. The van der Waals surface area contributed by atoms with Crippen molar-refractivity contribution in [2.24, 2.45) is 0 Å². The third-order valence-corrected chi connectivity index (χ3v) is 4.49. The van der Waals surface area contributed by atoms with Crippen LogP contribution in [0.1, 0.15) is 30.0 Å². The summed E-state index contributed by atoms with van der Waals surface area (Å²) in [4.78, 5) is 16.8. The summed E-state index contributed by atoms with van der Waals surface area (Å²) in [6, 6.07) is 9.17. The van der Waals surface area contributed by atoms with E-state index < -0.39 is 0 Å². The van der Waals surface area contributed by atoms with Gasteiger partial charge in [-0.05, 0) is 55.5 Å². The topological polar surface area (TPSA) is 59.8 Å². The molecule has 122 valence electrons. The predicted octanol–water partition coefficient (Wildman–Crippen LogP) is 3.91. The van der Waals surface area contributed by atoms with Crippen molar-refractivity contribution in [3.63, 3.8) is 0 Å². The molecule has 0 unspecified atom stereocenters. The van der Waals surface area contributed by atoms with E-state index in [0.717, 1.165) is 16.7 Å². The van der Waals surface area contributed by atoms with Crippen molar-refractivity contribution in [2.45, 2.75) is 32.2 Å². The Labute approximate surface area is 144 Å². The second-order valence-electron chi connectivity index (χ2n) is 6.17. The van der Waals surface area contributed by atoms with Gasteiger partial charge in [0.25, 0.3) is 0 Å². The van der Waals surface area contributed by atoms with Gasteiger partial charge in [0.15, 0.2) is 5.65 Å². The van der Waals surface area contributed by atoms with Gasteiger partial charge in [-0.1, -0.05) is 17.7 Å². The molecule has 4 rings (SSSR count). The lowest BCUT2D eigenvalue weighted by atomic mass is 10.1. The van der Waals surface area contributed by atoms with Crippen LogP contribution in [-0.4, -0.2) is 20.7 Å². The van der Waals surface area contributed by atoms with Crippen LogP contribution in [0.25, 0.3) is 11.0 Å². The Morgan fingerprint density at radius 3 is 2.96 bits per heavy atom. The highest BCUT2D eigenvalue weighted by molar-refractivity contribution is 6.30. The highest BCUT2D eigenvalue weighted by Crippen LogP contribution is 2.43. The molecular weight excluding hydrogens is 324 g/mol. The zero-order valence-electron chi connectivity index (χ0n) is 13.3. The number of hydrogen-bond acceptors (Lipinski definition) is 3. The third kappa shape index (κ3) is 2.87. The van der Waals surface area contributed by atoms with Crippen LogP contribution in [-0.2, 0) is 11.3 Å². The number of hydrogen-bond donors (Lipinski definition) is 1. The summed E-state index contributed by atoms with van der Waals surface area (Å²) in [6.45, 7) is 2.10. The van der Waals surface area contributed by atoms with E-state index >= 15 is 0 Å². The van der Waals surface area contributed by atoms with Gasteiger partial charge in [0, 0.05) is 22.3 Å². The molecule has 1 saturated carbocycles. The number of pyridine rings is 1. The zero-order valence-corrected chi connectivity index (χ0v) is 14.0. The highest BCUT2D eigenvalue weighted by Gasteiger charge is 2.27. The van der Waals surface area contributed by atoms with E-state index in [-0.39, 0.29) is 12.5 Å². The SMILES string of the molecule is Cc1nn(CC(=O)Nc2cccc(Cl)c2)c2nccc(C3CC3)c12. The zero-order chi connectivity index (χ0) is 16.7. The second kappa shape index (κ2) is 5.91. The van der Waals surface area contributed by atoms with Gasteiger partial charge in [-0.2, -0.15) is 5.10 Å². The molecule has 5 nitrogen and oxygen atoms in total. The van der Waals surface area contributed by atoms with Gasteiger partial charge in [0.05, 0.1) is 5.69 Å². The first-order valence-corrected chi connectivity index (χ1v) is 8.37. The Morgan fingerprint density at radius 2 is 2.21 bits per heavy atom. The van der Waals surface area contributed by atoms with E-state index in [1.165, 1.54) is 18.4 Å². The molecule has 1 aliphatic rings. The number of aromatic nitrogens is 3. The normalized spacial score (nSPS) is 14.1. The van der Waals surface area contributed by atoms with E-state index in [1.807, 2.05) is 13.1 Å². The van der Waals surface area contributed by atoms with Crippen LogP contribution in [0.4, 0.5) is 5.69 Å². The minimum atomic E-state index is -0.153.